The lowest BCUT2D eigenvalue weighted by molar-refractivity contribution is -0.402. The van der Waals surface area contributed by atoms with E-state index < -0.39 is 4.92 Å². The first kappa shape index (κ1) is 14.4. The molecule has 1 aromatic carbocycles. The van der Waals surface area contributed by atoms with E-state index >= 15 is 0 Å². The molecule has 0 bridgehead atoms. The van der Waals surface area contributed by atoms with Gasteiger partial charge in [0.05, 0.1) is 18.8 Å². The number of rotatable bonds is 6. The van der Waals surface area contributed by atoms with Crippen molar-refractivity contribution in [3.8, 4) is 0 Å². The van der Waals surface area contributed by atoms with E-state index in [9.17, 15) is 14.9 Å². The van der Waals surface area contributed by atoms with Crippen LogP contribution in [0.15, 0.2) is 51.9 Å². The van der Waals surface area contributed by atoms with Crippen LogP contribution in [0.3, 0.4) is 0 Å². The molecular weight excluding hydrogens is 274 g/mol. The summed E-state index contributed by atoms with van der Waals surface area (Å²) in [6.45, 7) is 0.722. The number of hydrogen-bond donors (Lipinski definition) is 1. The number of nitrogens with zero attached hydrogens (tertiary/aromatic N) is 2. The predicted molar refractivity (Wildman–Crippen MR) is 76.6 cm³/mol. The minimum absolute atomic E-state index is 0.167. The molecule has 0 saturated carbocycles. The molecular formula is C14H13N3O4. The number of aliphatic imine (C=N–C) groups is 1. The van der Waals surface area contributed by atoms with E-state index in [1.807, 2.05) is 6.07 Å². The number of nitrogens with one attached hydrogen (secondary N) is 1. The van der Waals surface area contributed by atoms with Gasteiger partial charge in [-0.05, 0) is 18.2 Å². The predicted octanol–water partition coefficient (Wildman–Crippen LogP) is 2.04. The molecule has 0 saturated heterocycles. The zero-order chi connectivity index (χ0) is 15.1. The third kappa shape index (κ3) is 4.27. The third-order valence-corrected chi connectivity index (χ3v) is 2.57. The molecule has 0 atom stereocenters. The van der Waals surface area contributed by atoms with Crippen molar-refractivity contribution in [2.75, 3.05) is 13.1 Å². The zero-order valence-electron chi connectivity index (χ0n) is 11.1. The largest absolute Gasteiger partial charge is 0.433 e. The van der Waals surface area contributed by atoms with Crippen LogP contribution < -0.4 is 5.32 Å². The lowest BCUT2D eigenvalue weighted by Crippen LogP contribution is -2.25. The number of carbonyl (C=O) groups excluding carboxylic acids is 1. The van der Waals surface area contributed by atoms with Crippen molar-refractivity contribution in [1.82, 2.24) is 5.32 Å². The minimum atomic E-state index is -0.614. The molecule has 1 amide bonds. The Morgan fingerprint density at radius 3 is 2.71 bits per heavy atom. The Labute approximate surface area is 120 Å². The maximum Gasteiger partial charge on any atom is 0.433 e. The highest BCUT2D eigenvalue weighted by molar-refractivity contribution is 5.94. The van der Waals surface area contributed by atoms with Crippen molar-refractivity contribution < 1.29 is 14.1 Å². The van der Waals surface area contributed by atoms with Crippen LogP contribution in [0.25, 0.3) is 0 Å². The average molecular weight is 287 g/mol. The monoisotopic (exact) mass is 287 g/mol. The van der Waals surface area contributed by atoms with Gasteiger partial charge >= 0.3 is 5.88 Å². The highest BCUT2D eigenvalue weighted by Crippen LogP contribution is 2.13. The summed E-state index contributed by atoms with van der Waals surface area (Å²) in [4.78, 5) is 25.5. The normalized spacial score (nSPS) is 10.7. The van der Waals surface area contributed by atoms with Crippen molar-refractivity contribution >= 4 is 18.0 Å². The lowest BCUT2D eigenvalue weighted by atomic mass is 10.2. The molecule has 0 aliphatic carbocycles. The van der Waals surface area contributed by atoms with Crippen molar-refractivity contribution in [3.05, 3.63) is 63.9 Å². The van der Waals surface area contributed by atoms with Crippen LogP contribution in [0.5, 0.6) is 0 Å². The molecule has 108 valence electrons. The van der Waals surface area contributed by atoms with Crippen molar-refractivity contribution in [3.63, 3.8) is 0 Å². The van der Waals surface area contributed by atoms with Crippen molar-refractivity contribution in [2.24, 2.45) is 4.99 Å². The van der Waals surface area contributed by atoms with Gasteiger partial charge in [0, 0.05) is 12.1 Å². The number of amides is 1. The summed E-state index contributed by atoms with van der Waals surface area (Å²) in [5.41, 5.74) is 0.586. The van der Waals surface area contributed by atoms with Gasteiger partial charge in [-0.3, -0.25) is 19.9 Å². The first-order valence-electron chi connectivity index (χ1n) is 6.24. The van der Waals surface area contributed by atoms with Crippen LogP contribution in [-0.4, -0.2) is 30.1 Å². The lowest BCUT2D eigenvalue weighted by Gasteiger charge is -2.02. The third-order valence-electron chi connectivity index (χ3n) is 2.57. The van der Waals surface area contributed by atoms with Gasteiger partial charge in [-0.1, -0.05) is 18.2 Å². The summed E-state index contributed by atoms with van der Waals surface area (Å²) in [5, 5.41) is 13.1. The van der Waals surface area contributed by atoms with Crippen LogP contribution in [0, 0.1) is 10.1 Å². The Hall–Kier alpha value is -2.96. The highest BCUT2D eigenvalue weighted by Gasteiger charge is 2.09. The molecule has 2 rings (SSSR count). The van der Waals surface area contributed by atoms with Gasteiger partial charge in [0.1, 0.15) is 4.92 Å². The second-order valence-corrected chi connectivity index (χ2v) is 4.09. The topological polar surface area (TPSA) is 97.7 Å². The molecule has 1 heterocycles. The van der Waals surface area contributed by atoms with E-state index in [0.717, 1.165) is 0 Å². The Bertz CT molecular complexity index is 649. The number of hydrogen-bond acceptors (Lipinski definition) is 5. The van der Waals surface area contributed by atoms with Gasteiger partial charge < -0.3 is 9.73 Å². The van der Waals surface area contributed by atoms with Gasteiger partial charge in [0.15, 0.2) is 5.76 Å². The van der Waals surface area contributed by atoms with E-state index in [4.69, 9.17) is 4.42 Å². The smallest absolute Gasteiger partial charge is 0.400 e. The standard InChI is InChI=1S/C14H13N3O4/c18-14(11-4-2-1-3-5-11)16-9-8-15-10-12-6-7-13(21-12)17(19)20/h1-7,10H,8-9H2,(H,16,18). The zero-order valence-corrected chi connectivity index (χ0v) is 11.1. The van der Waals surface area contributed by atoms with Crippen molar-refractivity contribution in [2.45, 2.75) is 0 Å². The molecule has 1 aromatic heterocycles. The maximum atomic E-state index is 11.7. The average Bonchev–Trinajstić information content (AvgIpc) is 2.97. The fourth-order valence-corrected chi connectivity index (χ4v) is 1.59. The van der Waals surface area contributed by atoms with Crippen LogP contribution in [0.4, 0.5) is 5.88 Å². The van der Waals surface area contributed by atoms with Gasteiger partial charge in [-0.15, -0.1) is 0 Å². The maximum absolute atomic E-state index is 11.7. The number of carbonyl (C=O) groups is 1. The Morgan fingerprint density at radius 1 is 1.29 bits per heavy atom. The Kier molecular flexibility index (Phi) is 4.81. The quantitative estimate of drug-likeness (QED) is 0.380. The second kappa shape index (κ2) is 6.99. The van der Waals surface area contributed by atoms with Gasteiger partial charge in [-0.25, -0.2) is 0 Å². The molecule has 1 N–H and O–H groups in total. The fourth-order valence-electron chi connectivity index (χ4n) is 1.59. The van der Waals surface area contributed by atoms with E-state index in [1.54, 1.807) is 24.3 Å². The summed E-state index contributed by atoms with van der Waals surface area (Å²) < 4.78 is 4.91. The van der Waals surface area contributed by atoms with Crippen LogP contribution >= 0.6 is 0 Å². The van der Waals surface area contributed by atoms with Gasteiger partial charge in [0.25, 0.3) is 5.91 Å². The van der Waals surface area contributed by atoms with E-state index in [2.05, 4.69) is 10.3 Å². The first-order valence-corrected chi connectivity index (χ1v) is 6.24. The SMILES string of the molecule is O=C(NCCN=Cc1ccc([N+](=O)[O-])o1)c1ccccc1. The molecule has 0 unspecified atom stereocenters. The Morgan fingerprint density at radius 2 is 2.05 bits per heavy atom. The Balaban J connectivity index is 1.75. The molecule has 21 heavy (non-hydrogen) atoms. The molecule has 0 aliphatic heterocycles. The number of nitro groups is 1. The van der Waals surface area contributed by atoms with E-state index in [-0.39, 0.29) is 11.8 Å². The van der Waals surface area contributed by atoms with Crippen LogP contribution in [-0.2, 0) is 0 Å². The number of benzene rings is 1. The summed E-state index contributed by atoms with van der Waals surface area (Å²) >= 11 is 0. The first-order chi connectivity index (χ1) is 10.2. The van der Waals surface area contributed by atoms with Crippen LogP contribution in [0.1, 0.15) is 16.1 Å². The summed E-state index contributed by atoms with van der Waals surface area (Å²) in [5.74, 6) is -0.190. The molecule has 0 aliphatic rings. The van der Waals surface area contributed by atoms with E-state index in [1.165, 1.54) is 18.3 Å². The summed E-state index contributed by atoms with van der Waals surface area (Å²) in [6, 6.07) is 11.6. The fraction of sp³-hybridized carbons (Fsp3) is 0.143. The van der Waals surface area contributed by atoms with Crippen LogP contribution in [0.2, 0.25) is 0 Å². The minimum Gasteiger partial charge on any atom is -0.400 e. The molecule has 0 fully saturated rings. The molecule has 0 spiro atoms. The molecule has 2 aromatic rings. The summed E-state index contributed by atoms with van der Waals surface area (Å²) in [6.07, 6.45) is 1.39. The van der Waals surface area contributed by atoms with Crippen molar-refractivity contribution in [1.29, 1.82) is 0 Å². The van der Waals surface area contributed by atoms with E-state index in [0.29, 0.717) is 24.4 Å². The number of furan rings is 1. The second-order valence-electron chi connectivity index (χ2n) is 4.09. The summed E-state index contributed by atoms with van der Waals surface area (Å²) in [7, 11) is 0. The van der Waals surface area contributed by atoms with Gasteiger partial charge in [-0.2, -0.15) is 0 Å². The molecule has 7 nitrogen and oxygen atoms in total. The van der Waals surface area contributed by atoms with Gasteiger partial charge in [0.2, 0.25) is 0 Å². The molecule has 7 heteroatoms. The molecule has 0 radical (unpaired) electrons. The highest BCUT2D eigenvalue weighted by atomic mass is 16.6.